The van der Waals surface area contributed by atoms with Gasteiger partial charge in [-0.3, -0.25) is 0 Å². The monoisotopic (exact) mass is 383 g/mol. The summed E-state index contributed by atoms with van der Waals surface area (Å²) in [7, 11) is 0. The summed E-state index contributed by atoms with van der Waals surface area (Å²) in [4.78, 5) is 0. The fourth-order valence-corrected chi connectivity index (χ4v) is 4.47. The Morgan fingerprint density at radius 1 is 0.615 bits per heavy atom. The quantitative estimate of drug-likeness (QED) is 0.566. The van der Waals surface area contributed by atoms with Crippen LogP contribution in [0.3, 0.4) is 0 Å². The van der Waals surface area contributed by atoms with E-state index in [1.54, 1.807) is 0 Å². The van der Waals surface area contributed by atoms with Crippen LogP contribution in [0.25, 0.3) is 11.1 Å². The summed E-state index contributed by atoms with van der Waals surface area (Å²) >= 11 is 13.1. The van der Waals surface area contributed by atoms with Crippen molar-refractivity contribution in [1.29, 1.82) is 0 Å². The number of halogens is 2. The molecule has 134 valence electrons. The maximum atomic E-state index is 6.54. The Labute approximate surface area is 166 Å². The normalized spacial score (nSPS) is 14.8. The Balaban J connectivity index is 2.13. The number of rotatable bonds is 2. The van der Waals surface area contributed by atoms with Gasteiger partial charge in [0, 0.05) is 11.1 Å². The van der Waals surface area contributed by atoms with Crippen molar-refractivity contribution in [2.24, 2.45) is 0 Å². The first kappa shape index (κ1) is 19.1. The molecule has 0 aliphatic carbocycles. The largest absolute Gasteiger partial charge is 0.336 e. The highest BCUT2D eigenvalue weighted by Gasteiger charge is 2.25. The lowest BCUT2D eigenvalue weighted by Crippen LogP contribution is -2.17. The van der Waals surface area contributed by atoms with Crippen LogP contribution in [0.1, 0.15) is 44.5 Å². The molecule has 3 heteroatoms. The van der Waals surface area contributed by atoms with Gasteiger partial charge in [-0.15, -0.1) is 0 Å². The lowest BCUT2D eigenvalue weighted by Gasteiger charge is -2.25. The number of nitrogens with one attached hydrogen (secondary N) is 1. The van der Waals surface area contributed by atoms with E-state index in [0.717, 1.165) is 22.3 Å². The summed E-state index contributed by atoms with van der Waals surface area (Å²) in [5.41, 5.74) is 11.1. The number of hydrogen-bond donors (Lipinski definition) is 1. The van der Waals surface area contributed by atoms with E-state index >= 15 is 0 Å². The predicted molar refractivity (Wildman–Crippen MR) is 113 cm³/mol. The van der Waals surface area contributed by atoms with Crippen LogP contribution >= 0.6 is 23.2 Å². The summed E-state index contributed by atoms with van der Waals surface area (Å²) in [6.45, 7) is 12.6. The molecule has 0 spiro atoms. The lowest BCUT2D eigenvalue weighted by atomic mass is 9.85. The molecule has 0 amide bonds. The second-order valence-electron chi connectivity index (χ2n) is 7.18. The third-order valence-electron chi connectivity index (χ3n) is 4.76. The van der Waals surface area contributed by atoms with Gasteiger partial charge in [0.15, 0.2) is 0 Å². The summed E-state index contributed by atoms with van der Waals surface area (Å²) in [5, 5.41) is 4.16. The van der Waals surface area contributed by atoms with Gasteiger partial charge in [0.2, 0.25) is 0 Å². The van der Waals surface area contributed by atoms with Gasteiger partial charge in [-0.05, 0) is 74.9 Å². The predicted octanol–water partition coefficient (Wildman–Crippen LogP) is 6.74. The van der Waals surface area contributed by atoms with Crippen molar-refractivity contribution in [3.8, 4) is 0 Å². The van der Waals surface area contributed by atoms with Crippen molar-refractivity contribution in [2.45, 2.75) is 41.5 Å². The van der Waals surface area contributed by atoms with Gasteiger partial charge in [0.25, 0.3) is 0 Å². The molecule has 26 heavy (non-hydrogen) atoms. The number of benzene rings is 2. The van der Waals surface area contributed by atoms with Crippen molar-refractivity contribution in [1.82, 2.24) is 5.32 Å². The Morgan fingerprint density at radius 3 is 1.23 bits per heavy atom. The average Bonchev–Trinajstić information content (AvgIpc) is 2.49. The third kappa shape index (κ3) is 3.43. The zero-order valence-corrected chi connectivity index (χ0v) is 17.6. The van der Waals surface area contributed by atoms with Crippen LogP contribution in [0.15, 0.2) is 34.6 Å². The smallest absolute Gasteiger partial charge is 0.112 e. The molecule has 0 bridgehead atoms. The van der Waals surface area contributed by atoms with Gasteiger partial charge in [0.05, 0.1) is 6.42 Å². The van der Waals surface area contributed by atoms with Gasteiger partial charge in [-0.1, -0.05) is 58.6 Å². The molecular formula is C23H23Cl2N. The van der Waals surface area contributed by atoms with Gasteiger partial charge in [-0.25, -0.2) is 0 Å². The molecule has 1 aliphatic heterocycles. The maximum absolute atomic E-state index is 6.54. The summed E-state index contributed by atoms with van der Waals surface area (Å²) in [6, 6.07) is 8.68. The summed E-state index contributed by atoms with van der Waals surface area (Å²) < 4.78 is 0. The molecule has 1 heterocycles. The molecule has 1 nitrogen and oxygen atoms in total. The maximum Gasteiger partial charge on any atom is 0.112 e. The topological polar surface area (TPSA) is 12.0 Å². The molecule has 0 fully saturated rings. The summed E-state index contributed by atoms with van der Waals surface area (Å²) in [5.74, 6) is 0. The first-order chi connectivity index (χ1) is 12.2. The number of allylic oxidation sites excluding steroid dienone is 2. The van der Waals surface area contributed by atoms with E-state index in [2.05, 4.69) is 77.5 Å². The Hall–Kier alpha value is -1.70. The van der Waals surface area contributed by atoms with Crippen molar-refractivity contribution < 1.29 is 0 Å². The summed E-state index contributed by atoms with van der Waals surface area (Å²) in [6.07, 6.45) is 3.52. The van der Waals surface area contributed by atoms with Gasteiger partial charge >= 0.3 is 0 Å². The molecule has 0 aromatic heterocycles. The molecule has 2 radical (unpaired) electrons. The van der Waals surface area contributed by atoms with E-state index in [0.29, 0.717) is 10.3 Å². The number of hydrogen-bond acceptors (Lipinski definition) is 1. The number of dihydropyridines is 1. The molecule has 2 aromatic carbocycles. The first-order valence-corrected chi connectivity index (χ1v) is 9.44. The van der Waals surface area contributed by atoms with E-state index in [-0.39, 0.29) is 0 Å². The van der Waals surface area contributed by atoms with Crippen LogP contribution < -0.4 is 5.32 Å². The van der Waals surface area contributed by atoms with E-state index in [1.165, 1.54) is 33.4 Å². The minimum Gasteiger partial charge on any atom is -0.336 e. The van der Waals surface area contributed by atoms with Gasteiger partial charge in [-0.2, -0.15) is 0 Å². The zero-order valence-electron chi connectivity index (χ0n) is 16.1. The van der Waals surface area contributed by atoms with E-state index in [1.807, 2.05) is 0 Å². The van der Waals surface area contributed by atoms with Crippen molar-refractivity contribution in [2.75, 3.05) is 0 Å². The zero-order chi connectivity index (χ0) is 19.2. The molecule has 0 atom stereocenters. The van der Waals surface area contributed by atoms with E-state index < -0.39 is 0 Å². The molecule has 0 unspecified atom stereocenters. The van der Waals surface area contributed by atoms with E-state index in [4.69, 9.17) is 23.2 Å². The fourth-order valence-electron chi connectivity index (χ4n) is 3.95. The van der Waals surface area contributed by atoms with Crippen molar-refractivity contribution in [3.05, 3.63) is 85.5 Å². The van der Waals surface area contributed by atoms with Gasteiger partial charge < -0.3 is 5.32 Å². The molecule has 1 aliphatic rings. The van der Waals surface area contributed by atoms with Crippen LogP contribution in [-0.4, -0.2) is 0 Å². The standard InChI is InChI=1S/C23H23Cl2N/c1-12-7-14(3)20(15(4)8-12)18-11-19(23(25)26-22(18)24)21-16(5)9-13(2)10-17(21)6/h7-10,26H,1-6H3. The van der Waals surface area contributed by atoms with Crippen LogP contribution in [0.5, 0.6) is 0 Å². The molecule has 0 saturated heterocycles. The third-order valence-corrected chi connectivity index (χ3v) is 5.33. The van der Waals surface area contributed by atoms with Crippen molar-refractivity contribution >= 4 is 34.3 Å². The van der Waals surface area contributed by atoms with E-state index in [9.17, 15) is 0 Å². The molecule has 3 rings (SSSR count). The highest BCUT2D eigenvalue weighted by Crippen LogP contribution is 2.41. The van der Waals surface area contributed by atoms with Crippen molar-refractivity contribution in [3.63, 3.8) is 0 Å². The molecule has 2 aromatic rings. The molecule has 0 saturated carbocycles. The molecular weight excluding hydrogens is 361 g/mol. The minimum absolute atomic E-state index is 0.510. The van der Waals surface area contributed by atoms with Gasteiger partial charge in [0.1, 0.15) is 10.3 Å². The second-order valence-corrected chi connectivity index (χ2v) is 7.93. The Morgan fingerprint density at radius 2 is 0.923 bits per heavy atom. The Bertz CT molecular complexity index is 841. The second kappa shape index (κ2) is 7.13. The average molecular weight is 384 g/mol. The van der Waals surface area contributed by atoms with Crippen LogP contribution in [0, 0.1) is 48.0 Å². The molecule has 1 N–H and O–H groups in total. The lowest BCUT2D eigenvalue weighted by molar-refractivity contribution is 1.10. The minimum atomic E-state index is 0.510. The highest BCUT2D eigenvalue weighted by molar-refractivity contribution is 6.39. The van der Waals surface area contributed by atoms with Crippen LogP contribution in [0.4, 0.5) is 0 Å². The number of aryl methyl sites for hydroxylation is 6. The first-order valence-electron chi connectivity index (χ1n) is 8.69. The fraction of sp³-hybridized carbons (Fsp3) is 0.261. The van der Waals surface area contributed by atoms with Crippen LogP contribution in [-0.2, 0) is 0 Å². The van der Waals surface area contributed by atoms with Crippen LogP contribution in [0.2, 0.25) is 0 Å². The SMILES string of the molecule is Cc1cc(C)c(C2=C(Cl)NC(Cl)=C(c3c(C)cc(C)cc3C)[C]2)c(C)c1. The highest BCUT2D eigenvalue weighted by atomic mass is 35.5. The Kier molecular flexibility index (Phi) is 5.23.